The maximum Gasteiger partial charge on any atom is 0.180 e. The Morgan fingerprint density at radius 2 is 1.94 bits per heavy atom. The number of ether oxygens (including phenoxy) is 1. The summed E-state index contributed by atoms with van der Waals surface area (Å²) < 4.78 is 5.40. The number of aliphatic hydroxyl groups is 1. The summed E-state index contributed by atoms with van der Waals surface area (Å²) in [5.74, 6) is 3.55. The molecule has 2 aromatic heterocycles. The fourth-order valence-corrected chi connectivity index (χ4v) is 5.46. The fraction of sp³-hybridized carbons (Fsp3) is 0.593. The number of nitrogens with zero attached hydrogens (tertiary/aromatic N) is 6. The Kier molecular flexibility index (Phi) is 6.89. The van der Waals surface area contributed by atoms with Crippen LogP contribution in [0.15, 0.2) is 35.7 Å². The largest absolute Gasteiger partial charge is 0.389 e. The minimum Gasteiger partial charge on any atom is -0.389 e. The van der Waals surface area contributed by atoms with Gasteiger partial charge < -0.3 is 25.0 Å². The molecule has 0 bridgehead atoms. The third-order valence-corrected chi connectivity index (χ3v) is 8.00. The maximum atomic E-state index is 10.5. The number of β-amino-alcohol motifs (C(OH)–C–C–N with tert-alkyl or cyclic N) is 1. The number of likely N-dealkylation sites (tertiary alicyclic amines) is 1. The lowest BCUT2D eigenvalue weighted by atomic mass is 9.91. The van der Waals surface area contributed by atoms with Gasteiger partial charge in [0.05, 0.1) is 12.2 Å². The van der Waals surface area contributed by atoms with Crippen LogP contribution in [-0.4, -0.2) is 89.0 Å². The molecule has 2 aromatic rings. The molecular formula is C27H39N7O2. The number of hydrogen-bond acceptors (Lipinski definition) is 9. The second-order valence-electron chi connectivity index (χ2n) is 10.8. The van der Waals surface area contributed by atoms with Crippen LogP contribution in [0.3, 0.4) is 0 Å². The van der Waals surface area contributed by atoms with Crippen LogP contribution < -0.4 is 10.2 Å². The van der Waals surface area contributed by atoms with Gasteiger partial charge in [0.25, 0.3) is 0 Å². The minimum absolute atomic E-state index is 0.119. The van der Waals surface area contributed by atoms with Crippen molar-refractivity contribution < 1.29 is 9.84 Å². The molecule has 0 amide bonds. The van der Waals surface area contributed by atoms with E-state index in [9.17, 15) is 5.11 Å². The first kappa shape index (κ1) is 24.9. The van der Waals surface area contributed by atoms with Crippen molar-refractivity contribution in [3.8, 4) is 0 Å². The van der Waals surface area contributed by atoms with Crippen LogP contribution in [0.2, 0.25) is 0 Å². The summed E-state index contributed by atoms with van der Waals surface area (Å²) in [4.78, 5) is 21.2. The molecule has 0 aliphatic carbocycles. The van der Waals surface area contributed by atoms with E-state index in [0.717, 1.165) is 42.4 Å². The average Bonchev–Trinajstić information content (AvgIpc) is 2.87. The van der Waals surface area contributed by atoms with Gasteiger partial charge in [-0.05, 0) is 48.3 Å². The molecule has 194 valence electrons. The molecule has 9 heteroatoms. The number of rotatable bonds is 5. The molecular weight excluding hydrogens is 454 g/mol. The van der Waals surface area contributed by atoms with Crippen molar-refractivity contribution in [1.29, 1.82) is 0 Å². The number of anilines is 2. The van der Waals surface area contributed by atoms with E-state index >= 15 is 0 Å². The normalized spacial score (nSPS) is 29.0. The number of hydrogen-bond donors (Lipinski definition) is 2. The SMILES string of the molecule is CO[C@@H]1CCN(C2N=C(Nc3cc4c(C(C)C)cnc(N5C[C@H](C)[C@H]5C)c4cn3)C=CN2C)C[C@@H]1O. The van der Waals surface area contributed by atoms with Gasteiger partial charge in [-0.3, -0.25) is 4.90 Å². The summed E-state index contributed by atoms with van der Waals surface area (Å²) in [6, 6.07) is 2.60. The first-order chi connectivity index (χ1) is 17.3. The number of nitrogens with one attached hydrogen (secondary N) is 1. The van der Waals surface area contributed by atoms with Crippen molar-refractivity contribution in [2.24, 2.45) is 10.9 Å². The van der Waals surface area contributed by atoms with Crippen molar-refractivity contribution in [3.63, 3.8) is 0 Å². The highest BCUT2D eigenvalue weighted by atomic mass is 16.5. The lowest BCUT2D eigenvalue weighted by Gasteiger charge is -2.46. The molecule has 2 N–H and O–H groups in total. The highest BCUT2D eigenvalue weighted by molar-refractivity contribution is 6.05. The molecule has 36 heavy (non-hydrogen) atoms. The number of aliphatic imine (C=N–C) groups is 1. The van der Waals surface area contributed by atoms with Gasteiger partial charge in [0, 0.05) is 63.8 Å². The molecule has 0 spiro atoms. The molecule has 5 heterocycles. The van der Waals surface area contributed by atoms with Crippen molar-refractivity contribution in [3.05, 3.63) is 36.3 Å². The first-order valence-electron chi connectivity index (χ1n) is 13.0. The van der Waals surface area contributed by atoms with Crippen molar-refractivity contribution in [1.82, 2.24) is 19.8 Å². The molecule has 0 aromatic carbocycles. The van der Waals surface area contributed by atoms with E-state index in [4.69, 9.17) is 19.7 Å². The van der Waals surface area contributed by atoms with Crippen LogP contribution in [0.5, 0.6) is 0 Å². The molecule has 2 saturated heterocycles. The summed E-state index contributed by atoms with van der Waals surface area (Å²) in [7, 11) is 3.66. The molecule has 3 aliphatic heterocycles. The van der Waals surface area contributed by atoms with Gasteiger partial charge in [-0.2, -0.15) is 0 Å². The van der Waals surface area contributed by atoms with E-state index < -0.39 is 6.10 Å². The maximum absolute atomic E-state index is 10.5. The molecule has 9 nitrogen and oxygen atoms in total. The molecule has 0 saturated carbocycles. The molecule has 3 aliphatic rings. The Balaban J connectivity index is 1.41. The zero-order chi connectivity index (χ0) is 25.6. The number of piperidine rings is 1. The van der Waals surface area contributed by atoms with Gasteiger partial charge in [-0.25, -0.2) is 15.0 Å². The average molecular weight is 494 g/mol. The topological polar surface area (TPSA) is 89.3 Å². The predicted molar refractivity (Wildman–Crippen MR) is 144 cm³/mol. The Morgan fingerprint density at radius 1 is 1.14 bits per heavy atom. The van der Waals surface area contributed by atoms with Gasteiger partial charge >= 0.3 is 0 Å². The van der Waals surface area contributed by atoms with Gasteiger partial charge in [-0.15, -0.1) is 0 Å². The standard InChI is InChI=1S/C27H39N7O2/c1-16(2)20-12-29-26(34-14-17(3)18(34)4)21-13-28-25(11-19(20)21)30-24-8-9-32(5)27(31-24)33-10-7-23(36-6)22(35)15-33/h8-9,11-13,16-18,22-23,27,35H,7,10,14-15H2,1-6H3,(H,28,30,31)/t17-,18+,22-,23+,27?/m0/s1. The van der Waals surface area contributed by atoms with E-state index in [1.54, 1.807) is 7.11 Å². The monoisotopic (exact) mass is 493 g/mol. The number of methoxy groups -OCH3 is 1. The molecule has 5 rings (SSSR count). The Hall–Kier alpha value is -2.75. The summed E-state index contributed by atoms with van der Waals surface area (Å²) >= 11 is 0. The van der Waals surface area contributed by atoms with Crippen LogP contribution >= 0.6 is 0 Å². The highest BCUT2D eigenvalue weighted by Crippen LogP contribution is 2.37. The zero-order valence-corrected chi connectivity index (χ0v) is 22.2. The van der Waals surface area contributed by atoms with E-state index in [1.165, 1.54) is 10.9 Å². The van der Waals surface area contributed by atoms with E-state index in [-0.39, 0.29) is 12.4 Å². The van der Waals surface area contributed by atoms with Crippen molar-refractivity contribution in [2.75, 3.05) is 44.0 Å². The Labute approximate surface area is 213 Å². The number of amidine groups is 1. The van der Waals surface area contributed by atoms with Crippen LogP contribution in [0, 0.1) is 5.92 Å². The number of pyridine rings is 2. The molecule has 2 fully saturated rings. The van der Waals surface area contributed by atoms with Crippen LogP contribution in [0.1, 0.15) is 45.6 Å². The number of aliphatic hydroxyl groups excluding tert-OH is 1. The third-order valence-electron chi connectivity index (χ3n) is 8.00. The quantitative estimate of drug-likeness (QED) is 0.656. The minimum atomic E-state index is -0.522. The van der Waals surface area contributed by atoms with E-state index in [0.29, 0.717) is 24.4 Å². The van der Waals surface area contributed by atoms with E-state index in [1.807, 2.05) is 31.7 Å². The second-order valence-corrected chi connectivity index (χ2v) is 10.8. The Bertz CT molecular complexity index is 1170. The molecule has 1 unspecified atom stereocenters. The lowest BCUT2D eigenvalue weighted by Crippen LogP contribution is -2.55. The number of fused-ring (bicyclic) bond motifs is 1. The molecule has 5 atom stereocenters. The van der Waals surface area contributed by atoms with Gasteiger partial charge in [-0.1, -0.05) is 20.8 Å². The zero-order valence-electron chi connectivity index (χ0n) is 22.2. The summed E-state index contributed by atoms with van der Waals surface area (Å²) in [5.41, 5.74) is 1.22. The first-order valence-corrected chi connectivity index (χ1v) is 13.0. The smallest absolute Gasteiger partial charge is 0.180 e. The summed E-state index contributed by atoms with van der Waals surface area (Å²) in [6.07, 6.45) is 7.90. The van der Waals surface area contributed by atoms with Crippen LogP contribution in [0.4, 0.5) is 11.6 Å². The van der Waals surface area contributed by atoms with Crippen molar-refractivity contribution >= 4 is 28.2 Å². The lowest BCUT2D eigenvalue weighted by molar-refractivity contribution is -0.0799. The van der Waals surface area contributed by atoms with Crippen LogP contribution in [-0.2, 0) is 4.74 Å². The van der Waals surface area contributed by atoms with Crippen LogP contribution in [0.25, 0.3) is 10.8 Å². The van der Waals surface area contributed by atoms with Gasteiger partial charge in [0.2, 0.25) is 0 Å². The molecule has 0 radical (unpaired) electrons. The van der Waals surface area contributed by atoms with Gasteiger partial charge in [0.1, 0.15) is 17.5 Å². The van der Waals surface area contributed by atoms with Crippen molar-refractivity contribution in [2.45, 2.75) is 64.6 Å². The summed E-state index contributed by atoms with van der Waals surface area (Å²) in [5, 5.41) is 16.2. The predicted octanol–water partition coefficient (Wildman–Crippen LogP) is 3.23. The van der Waals surface area contributed by atoms with Gasteiger partial charge in [0.15, 0.2) is 6.29 Å². The summed E-state index contributed by atoms with van der Waals surface area (Å²) in [6.45, 7) is 11.3. The fourth-order valence-electron chi connectivity index (χ4n) is 5.46. The van der Waals surface area contributed by atoms with E-state index in [2.05, 4.69) is 53.8 Å². The highest BCUT2D eigenvalue weighted by Gasteiger charge is 2.35. The second kappa shape index (κ2) is 9.95. The Morgan fingerprint density at radius 3 is 2.61 bits per heavy atom. The number of aromatic nitrogens is 2. The third kappa shape index (κ3) is 4.55.